The minimum atomic E-state index is -1.94. The van der Waals surface area contributed by atoms with Crippen molar-refractivity contribution in [3.05, 3.63) is 51.6 Å². The van der Waals surface area contributed by atoms with Gasteiger partial charge >= 0.3 is 0 Å². The molecule has 5 N–H and O–H groups in total. The number of rotatable bonds is 5. The molecular weight excluding hydrogens is 422 g/mol. The molecule has 1 saturated carbocycles. The normalized spacial score (nSPS) is 17.0. The zero-order valence-corrected chi connectivity index (χ0v) is 17.1. The van der Waals surface area contributed by atoms with Crippen LogP contribution >= 0.6 is 11.3 Å². The summed E-state index contributed by atoms with van der Waals surface area (Å²) < 4.78 is 1.29. The minimum absolute atomic E-state index is 0.134. The molecular formula is C20H20N5O5S+. The number of benzene rings is 1. The summed E-state index contributed by atoms with van der Waals surface area (Å²) in [6.45, 7) is 0.380. The molecule has 3 aromatic rings. The van der Waals surface area contributed by atoms with Gasteiger partial charge in [0.15, 0.2) is 5.75 Å². The maximum atomic E-state index is 13.2. The first-order chi connectivity index (χ1) is 14.8. The number of aromatic nitrogens is 2. The van der Waals surface area contributed by atoms with Gasteiger partial charge in [0.2, 0.25) is 5.84 Å². The maximum Gasteiger partial charge on any atom is 0.281 e. The van der Waals surface area contributed by atoms with Crippen LogP contribution in [0.25, 0.3) is 10.6 Å². The van der Waals surface area contributed by atoms with E-state index in [0.717, 1.165) is 25.3 Å². The molecule has 10 nitrogen and oxygen atoms in total. The number of aromatic hydroxyl groups is 2. The lowest BCUT2D eigenvalue weighted by atomic mass is 10.1. The molecule has 0 saturated heterocycles. The van der Waals surface area contributed by atoms with E-state index >= 15 is 0 Å². The van der Waals surface area contributed by atoms with Gasteiger partial charge in [-0.1, -0.05) is 18.9 Å². The number of nitrogens with zero attached hydrogens (tertiary/aromatic N) is 4. The topological polar surface area (TPSA) is 140 Å². The summed E-state index contributed by atoms with van der Waals surface area (Å²) in [4.78, 5) is 12.0. The van der Waals surface area contributed by atoms with Gasteiger partial charge in [-0.2, -0.15) is 5.10 Å². The molecule has 5 rings (SSSR count). The van der Waals surface area contributed by atoms with Gasteiger partial charge in [-0.25, -0.2) is 4.68 Å². The van der Waals surface area contributed by atoms with Gasteiger partial charge in [-0.3, -0.25) is 4.79 Å². The van der Waals surface area contributed by atoms with Crippen molar-refractivity contribution in [2.75, 3.05) is 5.32 Å². The third kappa shape index (κ3) is 3.57. The maximum absolute atomic E-state index is 13.2. The van der Waals surface area contributed by atoms with E-state index in [1.807, 2.05) is 11.4 Å². The van der Waals surface area contributed by atoms with Crippen LogP contribution in [0.5, 0.6) is 11.5 Å². The Kier molecular flexibility index (Phi) is 4.55. The summed E-state index contributed by atoms with van der Waals surface area (Å²) in [6.07, 6.45) is 3.05. The van der Waals surface area contributed by atoms with Crippen LogP contribution in [-0.4, -0.2) is 36.2 Å². The summed E-state index contributed by atoms with van der Waals surface area (Å²) >= 11 is 1.36. The van der Waals surface area contributed by atoms with Gasteiger partial charge in [0.1, 0.15) is 27.6 Å². The first kappa shape index (κ1) is 19.7. The van der Waals surface area contributed by atoms with Gasteiger partial charge in [0.25, 0.3) is 11.2 Å². The van der Waals surface area contributed by atoms with Crippen molar-refractivity contribution in [1.82, 2.24) is 14.7 Å². The Balaban J connectivity index is 1.67. The number of hydrogen-bond donors (Lipinski definition) is 5. The number of phenols is 1. The van der Waals surface area contributed by atoms with Crippen molar-refractivity contribution < 1.29 is 20.6 Å². The number of nitrogens with one attached hydrogen (secondary N) is 1. The van der Waals surface area contributed by atoms with Crippen molar-refractivity contribution >= 4 is 28.5 Å². The standard InChI is InChI=1S/C20H19N5O5S/c26-12-5-6-13-14(10-12)25(29,30)23-19(21-13)16-18(27)17(15-2-1-9-31-15)22-24(20(16)28)8-7-11-3-4-11/h1-2,5-6,9-11,29-30H,3-4,7-8H2,(H2-,21,22,23,26,27,28)/p+1. The molecule has 2 aromatic heterocycles. The SMILES string of the molecule is O=c1c(C2=N[N+](O)(O)c3cc(O)ccc3N2)c(O)c(-c2cccs2)nn1CCC1CC1. The highest BCUT2D eigenvalue weighted by molar-refractivity contribution is 7.13. The van der Waals surface area contributed by atoms with Crippen molar-refractivity contribution in [2.45, 2.75) is 25.8 Å². The third-order valence-electron chi connectivity index (χ3n) is 5.36. The molecule has 2 aliphatic rings. The lowest BCUT2D eigenvalue weighted by Gasteiger charge is -2.24. The molecule has 11 heteroatoms. The van der Waals surface area contributed by atoms with Crippen molar-refractivity contribution in [3.63, 3.8) is 0 Å². The Morgan fingerprint density at radius 2 is 2.03 bits per heavy atom. The highest BCUT2D eigenvalue weighted by atomic mass is 32.1. The summed E-state index contributed by atoms with van der Waals surface area (Å²) in [5.74, 6) is -0.228. The zero-order valence-electron chi connectivity index (χ0n) is 16.3. The molecule has 0 atom stereocenters. The van der Waals surface area contributed by atoms with Gasteiger partial charge < -0.3 is 15.5 Å². The van der Waals surface area contributed by atoms with Crippen LogP contribution in [-0.2, 0) is 6.54 Å². The molecule has 0 amide bonds. The van der Waals surface area contributed by atoms with Crippen LogP contribution in [0.1, 0.15) is 24.8 Å². The molecule has 0 unspecified atom stereocenters. The fourth-order valence-electron chi connectivity index (χ4n) is 3.55. The van der Waals surface area contributed by atoms with E-state index in [0.29, 0.717) is 17.3 Å². The molecule has 0 bridgehead atoms. The Bertz CT molecular complexity index is 1250. The average molecular weight is 442 g/mol. The second kappa shape index (κ2) is 7.17. The quantitative estimate of drug-likeness (QED) is 0.302. The number of quaternary nitrogens is 1. The highest BCUT2D eigenvalue weighted by Crippen LogP contribution is 2.38. The van der Waals surface area contributed by atoms with Gasteiger partial charge in [0, 0.05) is 11.6 Å². The minimum Gasteiger partial charge on any atom is -0.508 e. The summed E-state index contributed by atoms with van der Waals surface area (Å²) in [6, 6.07) is 7.50. The largest absolute Gasteiger partial charge is 0.508 e. The van der Waals surface area contributed by atoms with Crippen LogP contribution in [0.2, 0.25) is 0 Å². The number of thiophene rings is 1. The molecule has 160 valence electrons. The highest BCUT2D eigenvalue weighted by Gasteiger charge is 2.39. The predicted octanol–water partition coefficient (Wildman–Crippen LogP) is 3.06. The number of amidine groups is 1. The van der Waals surface area contributed by atoms with Crippen LogP contribution in [0.15, 0.2) is 45.6 Å². The molecule has 0 spiro atoms. The number of phenolic OH excluding ortho intramolecular Hbond substituents is 1. The second-order valence-corrected chi connectivity index (χ2v) is 8.60. The molecule has 0 radical (unpaired) electrons. The van der Waals surface area contributed by atoms with E-state index < -0.39 is 16.2 Å². The van der Waals surface area contributed by atoms with Crippen LogP contribution in [0.4, 0.5) is 11.4 Å². The first-order valence-electron chi connectivity index (χ1n) is 9.77. The van der Waals surface area contributed by atoms with Crippen LogP contribution in [0.3, 0.4) is 0 Å². The lowest BCUT2D eigenvalue weighted by molar-refractivity contribution is -0.291. The van der Waals surface area contributed by atoms with E-state index in [2.05, 4.69) is 15.5 Å². The fraction of sp³-hybridized carbons (Fsp3) is 0.250. The Hall–Kier alpha value is -3.25. The van der Waals surface area contributed by atoms with Gasteiger partial charge in [-0.05, 0) is 35.9 Å². The Labute approximate surface area is 180 Å². The predicted molar refractivity (Wildman–Crippen MR) is 114 cm³/mol. The van der Waals surface area contributed by atoms with E-state index in [9.17, 15) is 25.4 Å². The van der Waals surface area contributed by atoms with Gasteiger partial charge in [-0.15, -0.1) is 21.8 Å². The van der Waals surface area contributed by atoms with E-state index in [4.69, 9.17) is 0 Å². The number of anilines is 1. The number of hydrogen-bond acceptors (Lipinski definition) is 9. The summed E-state index contributed by atoms with van der Waals surface area (Å²) in [5, 5.41) is 54.4. The van der Waals surface area contributed by atoms with Crippen molar-refractivity contribution in [1.29, 1.82) is 0 Å². The van der Waals surface area contributed by atoms with Crippen molar-refractivity contribution in [3.8, 4) is 22.1 Å². The summed E-state index contributed by atoms with van der Waals surface area (Å²) in [7, 11) is 0. The van der Waals surface area contributed by atoms with Crippen molar-refractivity contribution in [2.24, 2.45) is 11.0 Å². The lowest BCUT2D eigenvalue weighted by Crippen LogP contribution is -2.44. The number of fused-ring (bicyclic) bond motifs is 1. The third-order valence-corrected chi connectivity index (χ3v) is 6.24. The monoisotopic (exact) mass is 442 g/mol. The molecule has 1 fully saturated rings. The van der Waals surface area contributed by atoms with Gasteiger partial charge in [0.05, 0.1) is 10.9 Å². The second-order valence-electron chi connectivity index (χ2n) is 7.65. The van der Waals surface area contributed by atoms with E-state index in [1.54, 1.807) is 6.07 Å². The molecule has 1 aromatic carbocycles. The zero-order chi connectivity index (χ0) is 21.8. The Morgan fingerprint density at radius 1 is 1.23 bits per heavy atom. The van der Waals surface area contributed by atoms with E-state index in [-0.39, 0.29) is 34.2 Å². The molecule has 1 aliphatic heterocycles. The fourth-order valence-corrected chi connectivity index (χ4v) is 4.26. The van der Waals surface area contributed by atoms with Crippen LogP contribution in [0, 0.1) is 5.92 Å². The summed E-state index contributed by atoms with van der Waals surface area (Å²) in [5.41, 5.74) is -0.503. The average Bonchev–Trinajstić information content (AvgIpc) is 3.39. The first-order valence-corrected chi connectivity index (χ1v) is 10.6. The smallest absolute Gasteiger partial charge is 0.281 e. The van der Waals surface area contributed by atoms with Crippen LogP contribution < -0.4 is 15.8 Å². The van der Waals surface area contributed by atoms with E-state index in [1.165, 1.54) is 28.2 Å². The molecule has 3 heterocycles. The Morgan fingerprint density at radius 3 is 2.74 bits per heavy atom. The number of aryl methyl sites for hydroxylation is 1. The molecule has 1 aliphatic carbocycles. The molecule has 31 heavy (non-hydrogen) atoms.